The summed E-state index contributed by atoms with van der Waals surface area (Å²) >= 11 is 0. The Kier molecular flexibility index (Phi) is 6.69. The van der Waals surface area contributed by atoms with Gasteiger partial charge in [0.25, 0.3) is 0 Å². The molecule has 174 valence electrons. The molecule has 1 aliphatic heterocycles. The van der Waals surface area contributed by atoms with E-state index in [0.717, 1.165) is 47.7 Å². The third-order valence-electron chi connectivity index (χ3n) is 5.63. The topological polar surface area (TPSA) is 62.3 Å². The Hall–Kier alpha value is -3.33. The van der Waals surface area contributed by atoms with E-state index in [9.17, 15) is 13.2 Å². The number of hydrogen-bond donors (Lipinski definition) is 2. The molecule has 2 N–H and O–H groups in total. The zero-order chi connectivity index (χ0) is 23.4. The second-order valence-corrected chi connectivity index (χ2v) is 8.05. The maximum absolute atomic E-state index is 12.3. The Morgan fingerprint density at radius 2 is 1.88 bits per heavy atom. The fraction of sp³-hybridized carbons (Fsp3) is 0.333. The molecule has 1 atom stereocenters. The molecule has 3 aromatic rings. The second kappa shape index (κ2) is 9.66. The maximum atomic E-state index is 12.3. The minimum absolute atomic E-state index is 0.251. The number of benzene rings is 1. The fourth-order valence-electron chi connectivity index (χ4n) is 3.86. The number of nitrogens with zero attached hydrogens (tertiary/aromatic N) is 3. The van der Waals surface area contributed by atoms with E-state index in [1.54, 1.807) is 12.1 Å². The molecule has 4 rings (SSSR count). The van der Waals surface area contributed by atoms with Crippen LogP contribution in [-0.4, -0.2) is 42.5 Å². The van der Waals surface area contributed by atoms with E-state index < -0.39 is 6.36 Å². The molecule has 0 aliphatic carbocycles. The first-order valence-electron chi connectivity index (χ1n) is 10.7. The van der Waals surface area contributed by atoms with E-state index in [4.69, 9.17) is 4.98 Å². The molecule has 1 aliphatic rings. The van der Waals surface area contributed by atoms with Gasteiger partial charge in [-0.25, -0.2) is 4.98 Å². The van der Waals surface area contributed by atoms with Gasteiger partial charge in [0, 0.05) is 60.6 Å². The Labute approximate surface area is 190 Å². The summed E-state index contributed by atoms with van der Waals surface area (Å²) in [7, 11) is 1.98. The first-order valence-corrected chi connectivity index (χ1v) is 10.7. The lowest BCUT2D eigenvalue weighted by Gasteiger charge is -2.22. The van der Waals surface area contributed by atoms with Crippen molar-refractivity contribution in [3.63, 3.8) is 0 Å². The number of anilines is 2. The van der Waals surface area contributed by atoms with Crippen LogP contribution >= 0.6 is 0 Å². The third kappa shape index (κ3) is 5.92. The highest BCUT2D eigenvalue weighted by molar-refractivity contribution is 5.76. The predicted molar refractivity (Wildman–Crippen MR) is 122 cm³/mol. The van der Waals surface area contributed by atoms with Gasteiger partial charge in [-0.3, -0.25) is 4.98 Å². The lowest BCUT2D eigenvalue weighted by Crippen LogP contribution is -2.30. The average Bonchev–Trinajstić information content (AvgIpc) is 3.27. The van der Waals surface area contributed by atoms with Crippen LogP contribution in [0.5, 0.6) is 5.75 Å². The number of ether oxygens (including phenoxy) is 1. The number of hydrogen-bond acceptors (Lipinski definition) is 6. The molecule has 33 heavy (non-hydrogen) atoms. The first-order chi connectivity index (χ1) is 15.8. The van der Waals surface area contributed by atoms with Gasteiger partial charge in [-0.05, 0) is 62.4 Å². The van der Waals surface area contributed by atoms with Gasteiger partial charge in [-0.2, -0.15) is 0 Å². The number of alkyl halides is 3. The van der Waals surface area contributed by atoms with E-state index in [2.05, 4.69) is 31.3 Å². The second-order valence-electron chi connectivity index (χ2n) is 8.05. The molecule has 0 bridgehead atoms. The van der Waals surface area contributed by atoms with Gasteiger partial charge in [0.05, 0.1) is 0 Å². The molecule has 1 fully saturated rings. The molecular formula is C24H26F3N5O. The largest absolute Gasteiger partial charge is 0.573 e. The Morgan fingerprint density at radius 3 is 2.52 bits per heavy atom. The third-order valence-corrected chi connectivity index (χ3v) is 5.63. The molecule has 0 spiro atoms. The van der Waals surface area contributed by atoms with Crippen molar-refractivity contribution in [1.29, 1.82) is 0 Å². The Bertz CT molecular complexity index is 1070. The summed E-state index contributed by atoms with van der Waals surface area (Å²) < 4.78 is 40.9. The number of rotatable bonds is 7. The summed E-state index contributed by atoms with van der Waals surface area (Å²) in [6.45, 7) is 4.24. The minimum Gasteiger partial charge on any atom is -0.406 e. The Balaban J connectivity index is 1.53. The van der Waals surface area contributed by atoms with E-state index >= 15 is 0 Å². The summed E-state index contributed by atoms with van der Waals surface area (Å²) in [6.07, 6.45) is 0.0482. The average molecular weight is 458 g/mol. The van der Waals surface area contributed by atoms with Gasteiger partial charge in [0.2, 0.25) is 0 Å². The Morgan fingerprint density at radius 1 is 1.09 bits per heavy atom. The molecule has 6 nitrogen and oxygen atoms in total. The lowest BCUT2D eigenvalue weighted by molar-refractivity contribution is -0.274. The monoisotopic (exact) mass is 457 g/mol. The molecule has 0 radical (unpaired) electrons. The lowest BCUT2D eigenvalue weighted by atomic mass is 10.1. The van der Waals surface area contributed by atoms with E-state index in [1.165, 1.54) is 12.1 Å². The van der Waals surface area contributed by atoms with Gasteiger partial charge < -0.3 is 20.3 Å². The summed E-state index contributed by atoms with van der Waals surface area (Å²) in [5.41, 5.74) is 4.58. The number of nitrogens with one attached hydrogen (secondary N) is 2. The molecule has 1 unspecified atom stereocenters. The van der Waals surface area contributed by atoms with E-state index in [1.807, 2.05) is 38.5 Å². The van der Waals surface area contributed by atoms with Crippen molar-refractivity contribution in [3.05, 3.63) is 66.1 Å². The van der Waals surface area contributed by atoms with Crippen LogP contribution < -0.4 is 20.3 Å². The van der Waals surface area contributed by atoms with E-state index in [-0.39, 0.29) is 5.75 Å². The molecule has 0 saturated carbocycles. The summed E-state index contributed by atoms with van der Waals surface area (Å²) in [4.78, 5) is 11.5. The zero-order valence-electron chi connectivity index (χ0n) is 18.5. The van der Waals surface area contributed by atoms with Gasteiger partial charge in [0.1, 0.15) is 11.6 Å². The van der Waals surface area contributed by atoms with Crippen molar-refractivity contribution in [2.45, 2.75) is 32.3 Å². The standard InChI is InChI=1S/C24H26F3N5O/c1-16-3-4-18(14-29-16)22-11-17(13-31-23(22)32-10-9-20(15-32)28-2)12-30-19-5-7-21(8-6-19)33-24(25,26)27/h3-8,11,13-14,20,28,30H,9-10,12,15H2,1-2H3. The number of halogens is 3. The number of aryl methyl sites for hydroxylation is 1. The molecule has 0 amide bonds. The van der Waals surface area contributed by atoms with Crippen molar-refractivity contribution in [1.82, 2.24) is 15.3 Å². The van der Waals surface area contributed by atoms with Crippen molar-refractivity contribution in [2.75, 3.05) is 30.4 Å². The fourth-order valence-corrected chi connectivity index (χ4v) is 3.86. The molecule has 2 aromatic heterocycles. The molecular weight excluding hydrogens is 431 g/mol. The van der Waals surface area contributed by atoms with Crippen LogP contribution in [0.1, 0.15) is 17.7 Å². The van der Waals surface area contributed by atoms with Crippen LogP contribution in [-0.2, 0) is 6.54 Å². The van der Waals surface area contributed by atoms with Gasteiger partial charge in [-0.1, -0.05) is 6.07 Å². The van der Waals surface area contributed by atoms with Crippen LogP contribution in [0.3, 0.4) is 0 Å². The zero-order valence-corrected chi connectivity index (χ0v) is 18.5. The number of pyridine rings is 2. The normalized spacial score (nSPS) is 16.2. The van der Waals surface area contributed by atoms with Crippen molar-refractivity contribution in [3.8, 4) is 16.9 Å². The van der Waals surface area contributed by atoms with Crippen LogP contribution in [0, 0.1) is 6.92 Å². The highest BCUT2D eigenvalue weighted by Gasteiger charge is 2.31. The smallest absolute Gasteiger partial charge is 0.406 e. The van der Waals surface area contributed by atoms with Crippen LogP contribution in [0.25, 0.3) is 11.1 Å². The molecule has 3 heterocycles. The predicted octanol–water partition coefficient (Wildman–Crippen LogP) is 4.76. The van der Waals surface area contributed by atoms with E-state index in [0.29, 0.717) is 18.3 Å². The minimum atomic E-state index is -4.70. The van der Waals surface area contributed by atoms with Gasteiger partial charge in [-0.15, -0.1) is 13.2 Å². The molecule has 9 heteroatoms. The molecule has 1 aromatic carbocycles. The maximum Gasteiger partial charge on any atom is 0.573 e. The van der Waals surface area contributed by atoms with Gasteiger partial charge in [0.15, 0.2) is 0 Å². The van der Waals surface area contributed by atoms with Crippen LogP contribution in [0.4, 0.5) is 24.7 Å². The summed E-state index contributed by atoms with van der Waals surface area (Å²) in [5, 5.41) is 6.56. The number of likely N-dealkylation sites (N-methyl/N-ethyl adjacent to an activating group) is 1. The van der Waals surface area contributed by atoms with Crippen molar-refractivity contribution in [2.24, 2.45) is 0 Å². The van der Waals surface area contributed by atoms with Gasteiger partial charge >= 0.3 is 6.36 Å². The summed E-state index contributed by atoms with van der Waals surface area (Å²) in [6, 6.07) is 12.2. The highest BCUT2D eigenvalue weighted by Crippen LogP contribution is 2.32. The first kappa shape index (κ1) is 22.8. The van der Waals surface area contributed by atoms with Crippen molar-refractivity contribution >= 4 is 11.5 Å². The SMILES string of the molecule is CNC1CCN(c2ncc(CNc3ccc(OC(F)(F)F)cc3)cc2-c2ccc(C)nc2)C1. The summed E-state index contributed by atoms with van der Waals surface area (Å²) in [5.74, 6) is 0.675. The highest BCUT2D eigenvalue weighted by atomic mass is 19.4. The van der Waals surface area contributed by atoms with Crippen molar-refractivity contribution < 1.29 is 17.9 Å². The van der Waals surface area contributed by atoms with Crippen LogP contribution in [0.2, 0.25) is 0 Å². The number of aromatic nitrogens is 2. The molecule has 1 saturated heterocycles. The van der Waals surface area contributed by atoms with Crippen LogP contribution in [0.15, 0.2) is 54.9 Å². The quantitative estimate of drug-likeness (QED) is 0.534.